The van der Waals surface area contributed by atoms with E-state index in [-0.39, 0.29) is 17.1 Å². The predicted molar refractivity (Wildman–Crippen MR) is 131 cm³/mol. The van der Waals surface area contributed by atoms with Crippen LogP contribution in [0.25, 0.3) is 11.0 Å². The first kappa shape index (κ1) is 21.1. The highest BCUT2D eigenvalue weighted by Gasteiger charge is 2.45. The van der Waals surface area contributed by atoms with Crippen molar-refractivity contribution in [2.45, 2.75) is 39.7 Å². The summed E-state index contributed by atoms with van der Waals surface area (Å²) in [6.45, 7) is 8.17. The Hall–Kier alpha value is -2.77. The molecule has 1 atom stereocenters. The lowest BCUT2D eigenvalue weighted by molar-refractivity contribution is 0.0971. The third-order valence-electron chi connectivity index (χ3n) is 5.97. The molecule has 0 radical (unpaired) electrons. The Morgan fingerprint density at radius 3 is 2.44 bits per heavy atom. The van der Waals surface area contributed by atoms with Crippen molar-refractivity contribution < 1.29 is 9.21 Å². The average Bonchev–Trinajstić information content (AvgIpc) is 3.25. The molecule has 0 saturated heterocycles. The van der Waals surface area contributed by atoms with E-state index < -0.39 is 6.04 Å². The van der Waals surface area contributed by atoms with Crippen LogP contribution in [0, 0.1) is 13.8 Å². The van der Waals surface area contributed by atoms with E-state index in [4.69, 9.17) is 4.42 Å². The molecule has 1 aliphatic heterocycles. The van der Waals surface area contributed by atoms with Crippen LogP contribution in [0.2, 0.25) is 0 Å². The summed E-state index contributed by atoms with van der Waals surface area (Å²) in [4.78, 5) is 34.5. The van der Waals surface area contributed by atoms with Crippen LogP contribution in [0.1, 0.15) is 63.6 Å². The molecule has 0 N–H and O–H groups in total. The minimum absolute atomic E-state index is 0.0910. The van der Waals surface area contributed by atoms with E-state index in [0.29, 0.717) is 27.6 Å². The number of anilines is 1. The summed E-state index contributed by atoms with van der Waals surface area (Å²) >= 11 is 4.88. The van der Waals surface area contributed by atoms with Crippen LogP contribution in [0.3, 0.4) is 0 Å². The second kappa shape index (κ2) is 7.67. The van der Waals surface area contributed by atoms with Gasteiger partial charge in [0.05, 0.1) is 22.7 Å². The van der Waals surface area contributed by atoms with Gasteiger partial charge >= 0.3 is 0 Å². The molecule has 0 unspecified atom stereocenters. The number of aryl methyl sites for hydroxylation is 2. The SMILES string of the molecule is Cc1nc(N2C(=O)c3oc4ccc(Br)cc4c(=O)c3[C@@H]2c2ccc(C(C)C)cc2)sc1C. The Labute approximate surface area is 197 Å². The fraction of sp³-hybridized carbons (Fsp3) is 0.240. The highest BCUT2D eigenvalue weighted by molar-refractivity contribution is 9.10. The monoisotopic (exact) mass is 508 g/mol. The second-order valence-corrected chi connectivity index (χ2v) is 10.4. The molecule has 32 heavy (non-hydrogen) atoms. The highest BCUT2D eigenvalue weighted by atomic mass is 79.9. The first-order valence-corrected chi connectivity index (χ1v) is 12.0. The van der Waals surface area contributed by atoms with E-state index in [0.717, 1.165) is 20.6 Å². The average molecular weight is 509 g/mol. The van der Waals surface area contributed by atoms with Gasteiger partial charge in [0.25, 0.3) is 5.91 Å². The molecule has 5 nitrogen and oxygen atoms in total. The number of rotatable bonds is 3. The van der Waals surface area contributed by atoms with Gasteiger partial charge in [-0.2, -0.15) is 0 Å². The highest BCUT2D eigenvalue weighted by Crippen LogP contribution is 2.43. The summed E-state index contributed by atoms with van der Waals surface area (Å²) in [6, 6.07) is 12.7. The minimum Gasteiger partial charge on any atom is -0.450 e. The first-order chi connectivity index (χ1) is 15.3. The zero-order chi connectivity index (χ0) is 22.7. The molecule has 3 heterocycles. The van der Waals surface area contributed by atoms with Crippen LogP contribution in [-0.4, -0.2) is 10.9 Å². The number of aromatic nitrogens is 1. The number of fused-ring (bicyclic) bond motifs is 2. The number of carbonyl (C=O) groups excluding carboxylic acids is 1. The summed E-state index contributed by atoms with van der Waals surface area (Å²) in [5.41, 5.74) is 3.49. The first-order valence-electron chi connectivity index (χ1n) is 10.4. The molecule has 2 aromatic carbocycles. The quantitative estimate of drug-likeness (QED) is 0.316. The molecule has 0 aliphatic carbocycles. The van der Waals surface area contributed by atoms with Crippen molar-refractivity contribution in [2.75, 3.05) is 4.90 Å². The molecule has 4 aromatic rings. The Morgan fingerprint density at radius 1 is 1.09 bits per heavy atom. The van der Waals surface area contributed by atoms with Gasteiger partial charge in [-0.3, -0.25) is 14.5 Å². The number of hydrogen-bond acceptors (Lipinski definition) is 5. The molecule has 0 saturated carbocycles. The van der Waals surface area contributed by atoms with Gasteiger partial charge in [0, 0.05) is 9.35 Å². The van der Waals surface area contributed by atoms with Crippen molar-refractivity contribution >= 4 is 49.3 Å². The van der Waals surface area contributed by atoms with Crippen molar-refractivity contribution in [1.29, 1.82) is 0 Å². The Morgan fingerprint density at radius 2 is 1.81 bits per heavy atom. The number of amides is 1. The van der Waals surface area contributed by atoms with Crippen LogP contribution in [-0.2, 0) is 0 Å². The zero-order valence-corrected chi connectivity index (χ0v) is 20.5. The van der Waals surface area contributed by atoms with Gasteiger partial charge in [-0.25, -0.2) is 4.98 Å². The fourth-order valence-corrected chi connectivity index (χ4v) is 5.38. The smallest absolute Gasteiger partial charge is 0.297 e. The van der Waals surface area contributed by atoms with Gasteiger partial charge in [-0.1, -0.05) is 54.0 Å². The Bertz CT molecular complexity index is 1420. The summed E-state index contributed by atoms with van der Waals surface area (Å²) < 4.78 is 6.80. The van der Waals surface area contributed by atoms with E-state index in [1.165, 1.54) is 16.9 Å². The fourth-order valence-electron chi connectivity index (χ4n) is 4.08. The maximum Gasteiger partial charge on any atom is 0.297 e. The van der Waals surface area contributed by atoms with Gasteiger partial charge in [-0.15, -0.1) is 11.3 Å². The van der Waals surface area contributed by atoms with E-state index in [1.807, 2.05) is 26.0 Å². The minimum atomic E-state index is -0.594. The number of carbonyl (C=O) groups is 1. The molecule has 1 amide bonds. The van der Waals surface area contributed by atoms with Crippen LogP contribution < -0.4 is 10.3 Å². The third kappa shape index (κ3) is 3.22. The van der Waals surface area contributed by atoms with Gasteiger partial charge in [0.2, 0.25) is 5.76 Å². The summed E-state index contributed by atoms with van der Waals surface area (Å²) in [5, 5.41) is 1.02. The van der Waals surface area contributed by atoms with Crippen molar-refractivity contribution in [2.24, 2.45) is 0 Å². The zero-order valence-electron chi connectivity index (χ0n) is 18.1. The summed E-state index contributed by atoms with van der Waals surface area (Å²) in [5.74, 6) is 0.134. The molecule has 162 valence electrons. The van der Waals surface area contributed by atoms with Crippen molar-refractivity contribution in [1.82, 2.24) is 4.98 Å². The molecule has 5 rings (SSSR count). The number of nitrogens with zero attached hydrogens (tertiary/aromatic N) is 2. The van der Waals surface area contributed by atoms with Crippen molar-refractivity contribution in [3.8, 4) is 0 Å². The van der Waals surface area contributed by atoms with Crippen LogP contribution >= 0.6 is 27.3 Å². The second-order valence-electron chi connectivity index (χ2n) is 8.35. The predicted octanol–water partition coefficient (Wildman–Crippen LogP) is 6.50. The van der Waals surface area contributed by atoms with E-state index >= 15 is 0 Å². The lowest BCUT2D eigenvalue weighted by Gasteiger charge is -2.23. The largest absolute Gasteiger partial charge is 0.450 e. The normalized spacial score (nSPS) is 15.8. The molecule has 2 aromatic heterocycles. The number of benzene rings is 2. The molecule has 1 aliphatic rings. The van der Waals surface area contributed by atoms with Gasteiger partial charge in [0.15, 0.2) is 10.6 Å². The van der Waals surface area contributed by atoms with E-state index in [2.05, 4.69) is 46.9 Å². The third-order valence-corrected chi connectivity index (χ3v) is 7.54. The lowest BCUT2D eigenvalue weighted by atomic mass is 9.95. The molecule has 0 fully saturated rings. The molecule has 7 heteroatoms. The van der Waals surface area contributed by atoms with Crippen molar-refractivity contribution in [3.05, 3.63) is 90.2 Å². The van der Waals surface area contributed by atoms with Crippen LogP contribution in [0.4, 0.5) is 5.13 Å². The maximum absolute atomic E-state index is 13.6. The van der Waals surface area contributed by atoms with Crippen LogP contribution in [0.15, 0.2) is 56.1 Å². The maximum atomic E-state index is 13.6. The molecular formula is C25H21BrN2O3S. The van der Waals surface area contributed by atoms with Gasteiger partial charge < -0.3 is 4.42 Å². The summed E-state index contributed by atoms with van der Waals surface area (Å²) in [7, 11) is 0. The molecule has 0 spiro atoms. The molecule has 0 bridgehead atoms. The standard InChI is InChI=1S/C25H21BrN2O3S/c1-12(2)15-5-7-16(8-6-15)21-20-22(29)18-11-17(26)9-10-19(18)31-23(20)24(30)28(21)25-27-13(3)14(4)32-25/h5-12,21H,1-4H3/t21-/m0/s1. The van der Waals surface area contributed by atoms with Gasteiger partial charge in [0.1, 0.15) is 5.58 Å². The number of thiazole rings is 1. The number of hydrogen-bond donors (Lipinski definition) is 0. The summed E-state index contributed by atoms with van der Waals surface area (Å²) in [6.07, 6.45) is 0. The van der Waals surface area contributed by atoms with Crippen LogP contribution in [0.5, 0.6) is 0 Å². The lowest BCUT2D eigenvalue weighted by Crippen LogP contribution is -2.29. The van der Waals surface area contributed by atoms with Crippen molar-refractivity contribution in [3.63, 3.8) is 0 Å². The Kier molecular flexibility index (Phi) is 5.06. The Balaban J connectivity index is 1.79. The van der Waals surface area contributed by atoms with E-state index in [9.17, 15) is 9.59 Å². The van der Waals surface area contributed by atoms with Gasteiger partial charge in [-0.05, 0) is 49.1 Å². The van der Waals surface area contributed by atoms with E-state index in [1.54, 1.807) is 23.1 Å². The topological polar surface area (TPSA) is 63.4 Å². The molecular weight excluding hydrogens is 488 g/mol. The number of halogens is 1.